The Kier molecular flexibility index (Phi) is 3.79. The maximum Gasteiger partial charge on any atom is 0.344 e. The first-order valence-corrected chi connectivity index (χ1v) is 8.64. The number of hydrogen-bond donors (Lipinski definition) is 0. The van der Waals surface area contributed by atoms with Crippen LogP contribution in [0, 0.1) is 20.8 Å². The molecule has 0 radical (unpaired) electrons. The topological polar surface area (TPSA) is 56.5 Å². The summed E-state index contributed by atoms with van der Waals surface area (Å²) in [5, 5.41) is 4.46. The van der Waals surface area contributed by atoms with Gasteiger partial charge in [0.15, 0.2) is 5.65 Å². The molecule has 0 spiro atoms. The van der Waals surface area contributed by atoms with Crippen LogP contribution in [0.1, 0.15) is 45.0 Å². The second-order valence-corrected chi connectivity index (χ2v) is 6.77. The van der Waals surface area contributed by atoms with E-state index >= 15 is 0 Å². The van der Waals surface area contributed by atoms with Crippen molar-refractivity contribution in [1.29, 1.82) is 0 Å². The third-order valence-corrected chi connectivity index (χ3v) is 4.85. The molecule has 2 heterocycles. The van der Waals surface area contributed by atoms with Crippen molar-refractivity contribution in [2.24, 2.45) is 0 Å². The largest absolute Gasteiger partial charge is 0.458 e. The highest BCUT2D eigenvalue weighted by atomic mass is 16.5. The number of aromatic nitrogens is 3. The lowest BCUT2D eigenvalue weighted by molar-refractivity contribution is 0.0272. The average molecular weight is 335 g/mol. The van der Waals surface area contributed by atoms with E-state index in [4.69, 9.17) is 4.74 Å². The van der Waals surface area contributed by atoms with Gasteiger partial charge in [0.2, 0.25) is 0 Å². The number of fused-ring (bicyclic) bond motifs is 2. The second kappa shape index (κ2) is 5.99. The maximum absolute atomic E-state index is 12.8. The van der Waals surface area contributed by atoms with Gasteiger partial charge in [0, 0.05) is 17.8 Å². The molecular weight excluding hydrogens is 314 g/mol. The molecule has 0 fully saturated rings. The molecular formula is C20H21N3O2. The number of benzene rings is 1. The highest BCUT2D eigenvalue weighted by Crippen LogP contribution is 2.25. The molecule has 1 aliphatic rings. The van der Waals surface area contributed by atoms with E-state index in [-0.39, 0.29) is 12.1 Å². The lowest BCUT2D eigenvalue weighted by atomic mass is 9.90. The molecule has 0 amide bonds. The van der Waals surface area contributed by atoms with E-state index in [1.54, 1.807) is 4.52 Å². The molecule has 25 heavy (non-hydrogen) atoms. The van der Waals surface area contributed by atoms with Gasteiger partial charge >= 0.3 is 5.97 Å². The van der Waals surface area contributed by atoms with Crippen LogP contribution in [-0.4, -0.2) is 26.7 Å². The molecule has 128 valence electrons. The zero-order valence-corrected chi connectivity index (χ0v) is 14.7. The van der Waals surface area contributed by atoms with E-state index < -0.39 is 0 Å². The quantitative estimate of drug-likeness (QED) is 0.674. The van der Waals surface area contributed by atoms with Gasteiger partial charge in [0.1, 0.15) is 11.7 Å². The molecule has 5 heteroatoms. The van der Waals surface area contributed by atoms with E-state index in [2.05, 4.69) is 28.3 Å². The van der Waals surface area contributed by atoms with Gasteiger partial charge in [-0.2, -0.15) is 5.10 Å². The van der Waals surface area contributed by atoms with Crippen molar-refractivity contribution >= 4 is 11.6 Å². The molecule has 1 aliphatic carbocycles. The fourth-order valence-corrected chi connectivity index (χ4v) is 3.64. The first-order valence-electron chi connectivity index (χ1n) is 8.64. The van der Waals surface area contributed by atoms with E-state index in [1.165, 1.54) is 11.1 Å². The highest BCUT2D eigenvalue weighted by Gasteiger charge is 2.26. The lowest BCUT2D eigenvalue weighted by Gasteiger charge is -2.24. The van der Waals surface area contributed by atoms with Crippen molar-refractivity contribution in [3.8, 4) is 0 Å². The smallest absolute Gasteiger partial charge is 0.344 e. The third-order valence-electron chi connectivity index (χ3n) is 4.85. The van der Waals surface area contributed by atoms with Crippen LogP contribution in [0.3, 0.4) is 0 Å². The zero-order chi connectivity index (χ0) is 17.6. The maximum atomic E-state index is 12.8. The summed E-state index contributed by atoms with van der Waals surface area (Å²) in [6.07, 6.45) is 2.47. The van der Waals surface area contributed by atoms with Crippen LogP contribution in [0.5, 0.6) is 0 Å². The van der Waals surface area contributed by atoms with Gasteiger partial charge < -0.3 is 4.74 Å². The number of rotatable bonds is 2. The zero-order valence-electron chi connectivity index (χ0n) is 14.7. The standard InChI is InChI=1S/C20H21N3O2/c1-12-10-13(2)23-19(21-12)18(14(3)22-23)20(24)25-17-9-8-15-6-4-5-7-16(15)11-17/h4-7,10,17H,8-9,11H2,1-3H3. The van der Waals surface area contributed by atoms with Gasteiger partial charge in [-0.25, -0.2) is 14.3 Å². The summed E-state index contributed by atoms with van der Waals surface area (Å²) in [6.45, 7) is 5.71. The Labute approximate surface area is 146 Å². The number of carbonyl (C=O) groups is 1. The van der Waals surface area contributed by atoms with Crippen LogP contribution in [0.4, 0.5) is 0 Å². The Morgan fingerprint density at radius 1 is 1.20 bits per heavy atom. The Morgan fingerprint density at radius 2 is 1.96 bits per heavy atom. The van der Waals surface area contributed by atoms with Crippen molar-refractivity contribution in [3.05, 3.63) is 64.1 Å². The summed E-state index contributed by atoms with van der Waals surface area (Å²) in [5.41, 5.74) is 6.16. The number of hydrogen-bond acceptors (Lipinski definition) is 4. The second-order valence-electron chi connectivity index (χ2n) is 6.77. The van der Waals surface area contributed by atoms with Crippen LogP contribution in [0.25, 0.3) is 5.65 Å². The van der Waals surface area contributed by atoms with Crippen molar-refractivity contribution in [2.75, 3.05) is 0 Å². The molecule has 1 atom stereocenters. The van der Waals surface area contributed by atoms with Gasteiger partial charge in [0.05, 0.1) is 5.69 Å². The van der Waals surface area contributed by atoms with Crippen molar-refractivity contribution in [3.63, 3.8) is 0 Å². The first-order chi connectivity index (χ1) is 12.0. The van der Waals surface area contributed by atoms with Gasteiger partial charge in [-0.05, 0) is 50.8 Å². The van der Waals surface area contributed by atoms with Crippen molar-refractivity contribution < 1.29 is 9.53 Å². The minimum atomic E-state index is -0.325. The molecule has 5 nitrogen and oxygen atoms in total. The van der Waals surface area contributed by atoms with E-state index in [1.807, 2.05) is 32.9 Å². The lowest BCUT2D eigenvalue weighted by Crippen LogP contribution is -2.25. The van der Waals surface area contributed by atoms with Gasteiger partial charge in [0.25, 0.3) is 0 Å². The fraction of sp³-hybridized carbons (Fsp3) is 0.350. The van der Waals surface area contributed by atoms with Crippen LogP contribution in [0.15, 0.2) is 30.3 Å². The summed E-state index contributed by atoms with van der Waals surface area (Å²) < 4.78 is 7.55. The van der Waals surface area contributed by atoms with Crippen LogP contribution in [-0.2, 0) is 17.6 Å². The highest BCUT2D eigenvalue weighted by molar-refractivity contribution is 5.97. The van der Waals surface area contributed by atoms with Crippen LogP contribution < -0.4 is 0 Å². The minimum absolute atomic E-state index is 0.0948. The Morgan fingerprint density at radius 3 is 2.76 bits per heavy atom. The summed E-state index contributed by atoms with van der Waals surface area (Å²) in [7, 11) is 0. The number of carbonyl (C=O) groups excluding carboxylic acids is 1. The Bertz CT molecular complexity index is 974. The molecule has 0 aliphatic heterocycles. The van der Waals surface area contributed by atoms with E-state index in [9.17, 15) is 4.79 Å². The molecule has 3 aromatic rings. The number of aryl methyl sites for hydroxylation is 4. The predicted octanol–water partition coefficient (Wildman–Crippen LogP) is 3.37. The van der Waals surface area contributed by atoms with E-state index in [0.717, 1.165) is 30.7 Å². The normalized spacial score (nSPS) is 16.7. The molecule has 0 saturated carbocycles. The number of ether oxygens (including phenoxy) is 1. The van der Waals surface area contributed by atoms with Crippen LogP contribution >= 0.6 is 0 Å². The SMILES string of the molecule is Cc1cc(C)n2nc(C)c(C(=O)OC3CCc4ccccc4C3)c2n1. The monoisotopic (exact) mass is 335 g/mol. The fourth-order valence-electron chi connectivity index (χ4n) is 3.64. The van der Waals surface area contributed by atoms with Crippen LogP contribution in [0.2, 0.25) is 0 Å². The summed E-state index contributed by atoms with van der Waals surface area (Å²) in [5.74, 6) is -0.325. The number of esters is 1. The summed E-state index contributed by atoms with van der Waals surface area (Å²) >= 11 is 0. The predicted molar refractivity (Wildman–Crippen MR) is 94.9 cm³/mol. The molecule has 2 aromatic heterocycles. The molecule has 0 bridgehead atoms. The average Bonchev–Trinajstić information content (AvgIpc) is 2.91. The van der Waals surface area contributed by atoms with Gasteiger partial charge in [-0.3, -0.25) is 0 Å². The number of nitrogens with zero attached hydrogens (tertiary/aromatic N) is 3. The Balaban J connectivity index is 1.62. The summed E-state index contributed by atoms with van der Waals surface area (Å²) in [6, 6.07) is 10.3. The third kappa shape index (κ3) is 2.80. The minimum Gasteiger partial charge on any atom is -0.458 e. The Hall–Kier alpha value is -2.69. The summed E-state index contributed by atoms with van der Waals surface area (Å²) in [4.78, 5) is 17.3. The molecule has 0 N–H and O–H groups in total. The molecule has 1 aromatic carbocycles. The first kappa shape index (κ1) is 15.8. The molecule has 1 unspecified atom stereocenters. The van der Waals surface area contributed by atoms with Gasteiger partial charge in [-0.1, -0.05) is 24.3 Å². The van der Waals surface area contributed by atoms with Crippen molar-refractivity contribution in [1.82, 2.24) is 14.6 Å². The molecule has 4 rings (SSSR count). The van der Waals surface area contributed by atoms with E-state index in [0.29, 0.717) is 16.9 Å². The molecule has 0 saturated heterocycles. The van der Waals surface area contributed by atoms with Gasteiger partial charge in [-0.15, -0.1) is 0 Å². The van der Waals surface area contributed by atoms with Crippen molar-refractivity contribution in [2.45, 2.75) is 46.1 Å².